The minimum atomic E-state index is -3.31. The van der Waals surface area contributed by atoms with Gasteiger partial charge >= 0.3 is 11.9 Å². The van der Waals surface area contributed by atoms with Gasteiger partial charge in [0.25, 0.3) is 0 Å². The zero-order valence-corrected chi connectivity index (χ0v) is 17.3. The molecule has 7 heteroatoms. The highest BCUT2D eigenvalue weighted by Gasteiger charge is 2.40. The average molecular weight is 416 g/mol. The fourth-order valence-electron chi connectivity index (χ4n) is 3.58. The molecular weight excluding hydrogens is 392 g/mol. The van der Waals surface area contributed by atoms with Gasteiger partial charge in [0.1, 0.15) is 11.5 Å². The number of aryl methyl sites for hydroxylation is 2. The van der Waals surface area contributed by atoms with Crippen molar-refractivity contribution in [2.75, 3.05) is 11.5 Å². The summed E-state index contributed by atoms with van der Waals surface area (Å²) in [5.74, 6) is -1.36. The number of sulfone groups is 1. The van der Waals surface area contributed by atoms with Gasteiger partial charge in [0, 0.05) is 0 Å². The van der Waals surface area contributed by atoms with E-state index in [0.717, 1.165) is 11.1 Å². The highest BCUT2D eigenvalue weighted by atomic mass is 32.2. The quantitative estimate of drug-likeness (QED) is 0.531. The van der Waals surface area contributed by atoms with Gasteiger partial charge < -0.3 is 9.47 Å². The second kappa shape index (κ2) is 8.78. The van der Waals surface area contributed by atoms with Gasteiger partial charge in [0.2, 0.25) is 0 Å². The summed E-state index contributed by atoms with van der Waals surface area (Å²) in [7, 11) is -3.31. The van der Waals surface area contributed by atoms with E-state index in [1.165, 1.54) is 0 Å². The molecule has 1 heterocycles. The van der Waals surface area contributed by atoms with E-state index in [9.17, 15) is 18.0 Å². The first-order valence-electron chi connectivity index (χ1n) is 9.45. The van der Waals surface area contributed by atoms with Gasteiger partial charge in [-0.15, -0.1) is 0 Å². The van der Waals surface area contributed by atoms with E-state index >= 15 is 0 Å². The molecule has 0 aromatic heterocycles. The monoisotopic (exact) mass is 416 g/mol. The summed E-state index contributed by atoms with van der Waals surface area (Å²) < 4.78 is 34.9. The molecule has 1 aliphatic heterocycles. The van der Waals surface area contributed by atoms with Crippen LogP contribution in [-0.2, 0) is 19.4 Å². The smallest absolute Gasteiger partial charge is 0.311 e. The molecule has 2 aromatic rings. The van der Waals surface area contributed by atoms with Crippen LogP contribution in [0.2, 0.25) is 0 Å². The molecule has 2 aromatic carbocycles. The first kappa shape index (κ1) is 21.0. The van der Waals surface area contributed by atoms with Crippen LogP contribution in [0.25, 0.3) is 0 Å². The third-order valence-electron chi connectivity index (χ3n) is 4.90. The summed E-state index contributed by atoms with van der Waals surface area (Å²) in [5, 5.41) is 0. The van der Waals surface area contributed by atoms with Crippen molar-refractivity contribution in [3.8, 4) is 11.5 Å². The topological polar surface area (TPSA) is 86.7 Å². The Morgan fingerprint density at radius 3 is 1.62 bits per heavy atom. The van der Waals surface area contributed by atoms with Crippen molar-refractivity contribution in [2.24, 2.45) is 11.8 Å². The van der Waals surface area contributed by atoms with Crippen molar-refractivity contribution in [3.05, 3.63) is 59.7 Å². The van der Waals surface area contributed by atoms with E-state index in [1.807, 2.05) is 26.0 Å². The predicted molar refractivity (Wildman–Crippen MR) is 108 cm³/mol. The number of hydrogen-bond donors (Lipinski definition) is 0. The molecule has 1 fully saturated rings. The van der Waals surface area contributed by atoms with Crippen molar-refractivity contribution in [1.82, 2.24) is 0 Å². The predicted octanol–water partition coefficient (Wildman–Crippen LogP) is 3.26. The second-order valence-electron chi connectivity index (χ2n) is 7.59. The van der Waals surface area contributed by atoms with Crippen molar-refractivity contribution in [3.63, 3.8) is 0 Å². The van der Waals surface area contributed by atoms with Crippen LogP contribution >= 0.6 is 0 Å². The Balaban J connectivity index is 1.62. The molecule has 0 spiro atoms. The maximum absolute atomic E-state index is 12.3. The van der Waals surface area contributed by atoms with Gasteiger partial charge in [-0.2, -0.15) is 0 Å². The van der Waals surface area contributed by atoms with Crippen LogP contribution in [0, 0.1) is 25.7 Å². The molecule has 0 saturated carbocycles. The summed E-state index contributed by atoms with van der Waals surface area (Å²) in [6, 6.07) is 14.2. The first-order chi connectivity index (χ1) is 13.7. The van der Waals surface area contributed by atoms with Crippen LogP contribution < -0.4 is 9.47 Å². The van der Waals surface area contributed by atoms with Gasteiger partial charge in [-0.1, -0.05) is 24.3 Å². The van der Waals surface area contributed by atoms with E-state index in [-0.39, 0.29) is 24.3 Å². The fraction of sp³-hybridized carbons (Fsp3) is 0.364. The van der Waals surface area contributed by atoms with Gasteiger partial charge in [-0.25, -0.2) is 8.42 Å². The average Bonchev–Trinajstić information content (AvgIpc) is 2.87. The van der Waals surface area contributed by atoms with Crippen molar-refractivity contribution in [2.45, 2.75) is 26.7 Å². The molecule has 0 radical (unpaired) electrons. The second-order valence-corrected chi connectivity index (χ2v) is 9.74. The Hall–Kier alpha value is -2.67. The molecule has 0 amide bonds. The van der Waals surface area contributed by atoms with E-state index in [0.29, 0.717) is 11.5 Å². The van der Waals surface area contributed by atoms with Crippen molar-refractivity contribution < 1.29 is 27.5 Å². The number of rotatable bonds is 6. The van der Waals surface area contributed by atoms with Gasteiger partial charge in [0.15, 0.2) is 9.84 Å². The fourth-order valence-corrected chi connectivity index (χ4v) is 5.80. The minimum Gasteiger partial charge on any atom is -0.427 e. The van der Waals surface area contributed by atoms with Gasteiger partial charge in [0.05, 0.1) is 24.3 Å². The Morgan fingerprint density at radius 2 is 1.24 bits per heavy atom. The molecular formula is C22H24O6S. The summed E-state index contributed by atoms with van der Waals surface area (Å²) in [4.78, 5) is 24.6. The van der Waals surface area contributed by atoms with Crippen LogP contribution in [0.1, 0.15) is 24.0 Å². The Bertz CT molecular complexity index is 936. The lowest BCUT2D eigenvalue weighted by Crippen LogP contribution is -2.23. The summed E-state index contributed by atoms with van der Waals surface area (Å²) in [6.45, 7) is 3.77. The molecule has 0 aliphatic carbocycles. The number of ether oxygens (including phenoxy) is 2. The molecule has 6 nitrogen and oxygen atoms in total. The number of benzene rings is 2. The lowest BCUT2D eigenvalue weighted by molar-refractivity contribution is -0.138. The molecule has 1 saturated heterocycles. The normalized spacial score (nSPS) is 20.2. The van der Waals surface area contributed by atoms with Crippen molar-refractivity contribution >= 4 is 21.8 Å². The third kappa shape index (κ3) is 6.15. The molecule has 29 heavy (non-hydrogen) atoms. The molecule has 0 bridgehead atoms. The SMILES string of the molecule is Cc1cccc(OC(=O)C[C@H]2CS(=O)(=O)C[C@@H]2CC(=O)Oc2cccc(C)c2)c1. The van der Waals surface area contributed by atoms with Crippen LogP contribution in [0.5, 0.6) is 11.5 Å². The first-order valence-corrected chi connectivity index (χ1v) is 11.3. The summed E-state index contributed by atoms with van der Waals surface area (Å²) in [5.41, 5.74) is 1.91. The molecule has 0 unspecified atom stereocenters. The standard InChI is InChI=1S/C22H24O6S/c1-15-5-3-7-19(9-15)27-21(23)11-17-13-29(25,26)14-18(17)12-22(24)28-20-8-4-6-16(2)10-20/h3-10,17-18H,11-14H2,1-2H3/t17-,18-/m0/s1. The lowest BCUT2D eigenvalue weighted by Gasteiger charge is -2.16. The zero-order chi connectivity index (χ0) is 21.0. The van der Waals surface area contributed by atoms with Crippen LogP contribution in [0.4, 0.5) is 0 Å². The Kier molecular flexibility index (Phi) is 6.37. The summed E-state index contributed by atoms with van der Waals surface area (Å²) in [6.07, 6.45) is -0.120. The Morgan fingerprint density at radius 1 is 0.828 bits per heavy atom. The van der Waals surface area contributed by atoms with E-state index < -0.39 is 33.6 Å². The minimum absolute atomic E-state index is 0.0600. The highest BCUT2D eigenvalue weighted by Crippen LogP contribution is 2.32. The molecule has 1 aliphatic rings. The maximum atomic E-state index is 12.3. The zero-order valence-electron chi connectivity index (χ0n) is 16.5. The molecule has 154 valence electrons. The maximum Gasteiger partial charge on any atom is 0.311 e. The molecule has 2 atom stereocenters. The van der Waals surface area contributed by atoms with E-state index in [2.05, 4.69) is 0 Å². The Labute approximate surface area is 170 Å². The third-order valence-corrected chi connectivity index (χ3v) is 6.77. The lowest BCUT2D eigenvalue weighted by atomic mass is 9.90. The van der Waals surface area contributed by atoms with E-state index in [4.69, 9.17) is 9.47 Å². The molecule has 3 rings (SSSR count). The number of hydrogen-bond acceptors (Lipinski definition) is 6. The van der Waals surface area contributed by atoms with Gasteiger partial charge in [-0.05, 0) is 61.1 Å². The summed E-state index contributed by atoms with van der Waals surface area (Å²) >= 11 is 0. The number of carbonyl (C=O) groups excluding carboxylic acids is 2. The van der Waals surface area contributed by atoms with Crippen LogP contribution in [0.3, 0.4) is 0 Å². The van der Waals surface area contributed by atoms with Crippen LogP contribution in [-0.4, -0.2) is 31.9 Å². The largest absolute Gasteiger partial charge is 0.427 e. The van der Waals surface area contributed by atoms with Crippen molar-refractivity contribution in [1.29, 1.82) is 0 Å². The van der Waals surface area contributed by atoms with Gasteiger partial charge in [-0.3, -0.25) is 9.59 Å². The van der Waals surface area contributed by atoms with E-state index in [1.54, 1.807) is 36.4 Å². The van der Waals surface area contributed by atoms with Crippen LogP contribution in [0.15, 0.2) is 48.5 Å². The molecule has 0 N–H and O–H groups in total. The number of esters is 2. The highest BCUT2D eigenvalue weighted by molar-refractivity contribution is 7.91. The number of carbonyl (C=O) groups is 2.